The molecule has 0 spiro atoms. The Morgan fingerprint density at radius 3 is 2.36 bits per heavy atom. The molecule has 0 radical (unpaired) electrons. The molecule has 72 valence electrons. The molecule has 0 nitrogen and oxygen atoms in total. The van der Waals surface area contributed by atoms with E-state index in [0.717, 1.165) is 6.42 Å². The van der Waals surface area contributed by atoms with Crippen LogP contribution in [0.25, 0.3) is 5.57 Å². The molecule has 0 unspecified atom stereocenters. The maximum Gasteiger partial charge on any atom is 0.0651 e. The average Bonchev–Trinajstić information content (AvgIpc) is 2.67. The van der Waals surface area contributed by atoms with Gasteiger partial charge in [-0.05, 0) is 17.6 Å². The summed E-state index contributed by atoms with van der Waals surface area (Å²) in [5.74, 6) is 0. The van der Waals surface area contributed by atoms with Crippen molar-refractivity contribution in [3.63, 3.8) is 0 Å². The first kappa shape index (κ1) is 9.47. The first-order chi connectivity index (χ1) is 6.79. The average molecular weight is 200 g/mol. The summed E-state index contributed by atoms with van der Waals surface area (Å²) in [5, 5.41) is 1.64. The van der Waals surface area contributed by atoms with Crippen LogP contribution in [0.4, 0.5) is 0 Å². The van der Waals surface area contributed by atoms with Gasteiger partial charge in [0.25, 0.3) is 0 Å². The van der Waals surface area contributed by atoms with Gasteiger partial charge in [0.2, 0.25) is 0 Å². The minimum absolute atomic E-state index is 0.658. The minimum atomic E-state index is -0.658. The van der Waals surface area contributed by atoms with Gasteiger partial charge in [-0.3, -0.25) is 0 Å². The van der Waals surface area contributed by atoms with Crippen LogP contribution in [0.3, 0.4) is 0 Å². The van der Waals surface area contributed by atoms with Crippen LogP contribution in [0.15, 0.2) is 47.7 Å². The van der Waals surface area contributed by atoms with E-state index >= 15 is 0 Å². The molecule has 0 N–H and O–H groups in total. The molecule has 1 aliphatic rings. The van der Waals surface area contributed by atoms with Gasteiger partial charge in [-0.1, -0.05) is 60.8 Å². The first-order valence-corrected chi connectivity index (χ1v) is 8.13. The highest BCUT2D eigenvalue weighted by Crippen LogP contribution is 2.30. The second kappa shape index (κ2) is 3.97. The maximum absolute atomic E-state index is 2.40. The largest absolute Gasteiger partial charge is 0.0812 e. The normalized spacial score (nSPS) is 15.6. The summed E-state index contributed by atoms with van der Waals surface area (Å²) in [6.07, 6.45) is 5.89. The van der Waals surface area contributed by atoms with E-state index in [4.69, 9.17) is 0 Å². The fraction of sp³-hybridized carbons (Fsp3) is 0.231. The standard InChI is InChI=1S/C13H16Si/c1-14(2)13-10-6-9-12(13)11-7-4-3-5-8-11/h3-5,7-10,14H,6H2,1-2H3. The van der Waals surface area contributed by atoms with E-state index in [1.54, 1.807) is 5.20 Å². The number of hydrogen-bond donors (Lipinski definition) is 0. The summed E-state index contributed by atoms with van der Waals surface area (Å²) >= 11 is 0. The van der Waals surface area contributed by atoms with Crippen molar-refractivity contribution in [1.29, 1.82) is 0 Å². The third-order valence-corrected chi connectivity index (χ3v) is 4.47. The van der Waals surface area contributed by atoms with Gasteiger partial charge >= 0.3 is 0 Å². The van der Waals surface area contributed by atoms with E-state index in [0.29, 0.717) is 0 Å². The highest BCUT2D eigenvalue weighted by Gasteiger charge is 2.14. The van der Waals surface area contributed by atoms with Crippen molar-refractivity contribution < 1.29 is 0 Å². The fourth-order valence-electron chi connectivity index (χ4n) is 1.98. The van der Waals surface area contributed by atoms with Crippen LogP contribution in [0.2, 0.25) is 13.1 Å². The second-order valence-corrected chi connectivity index (χ2v) is 6.97. The van der Waals surface area contributed by atoms with Crippen LogP contribution in [0.5, 0.6) is 0 Å². The topological polar surface area (TPSA) is 0 Å². The zero-order valence-electron chi connectivity index (χ0n) is 8.83. The predicted molar refractivity (Wildman–Crippen MR) is 66.0 cm³/mol. The van der Waals surface area contributed by atoms with Gasteiger partial charge in [0.1, 0.15) is 0 Å². The molecule has 0 atom stereocenters. The lowest BCUT2D eigenvalue weighted by molar-refractivity contribution is 1.45. The summed E-state index contributed by atoms with van der Waals surface area (Å²) in [7, 11) is -0.658. The van der Waals surface area contributed by atoms with Crippen molar-refractivity contribution >= 4 is 14.4 Å². The Morgan fingerprint density at radius 1 is 1.00 bits per heavy atom. The lowest BCUT2D eigenvalue weighted by atomic mass is 10.1. The minimum Gasteiger partial charge on any atom is -0.0812 e. The Balaban J connectivity index is 2.33. The van der Waals surface area contributed by atoms with E-state index in [-0.39, 0.29) is 0 Å². The zero-order valence-corrected chi connectivity index (χ0v) is 9.98. The number of benzene rings is 1. The van der Waals surface area contributed by atoms with Crippen molar-refractivity contribution in [3.8, 4) is 0 Å². The molecule has 0 saturated carbocycles. The van der Waals surface area contributed by atoms with E-state index in [9.17, 15) is 0 Å². The van der Waals surface area contributed by atoms with Gasteiger partial charge in [0.15, 0.2) is 0 Å². The molecule has 0 amide bonds. The molecule has 1 aromatic carbocycles. The lowest BCUT2D eigenvalue weighted by Crippen LogP contribution is -2.05. The third kappa shape index (κ3) is 1.73. The molecule has 0 bridgehead atoms. The van der Waals surface area contributed by atoms with Crippen molar-refractivity contribution in [1.82, 2.24) is 0 Å². The SMILES string of the molecule is C[SiH](C)C1=CCC=C1c1ccccc1. The molecule has 14 heavy (non-hydrogen) atoms. The van der Waals surface area contributed by atoms with Crippen molar-refractivity contribution in [2.45, 2.75) is 19.5 Å². The van der Waals surface area contributed by atoms with Crippen molar-refractivity contribution in [2.24, 2.45) is 0 Å². The Morgan fingerprint density at radius 2 is 1.71 bits per heavy atom. The zero-order chi connectivity index (χ0) is 9.97. The molecule has 1 aliphatic carbocycles. The highest BCUT2D eigenvalue weighted by molar-refractivity contribution is 6.67. The van der Waals surface area contributed by atoms with Crippen LogP contribution in [-0.4, -0.2) is 8.80 Å². The number of hydrogen-bond acceptors (Lipinski definition) is 0. The van der Waals surface area contributed by atoms with E-state index < -0.39 is 8.80 Å². The molecule has 1 aromatic rings. The predicted octanol–water partition coefficient (Wildman–Crippen LogP) is 3.43. The first-order valence-electron chi connectivity index (χ1n) is 5.25. The summed E-state index contributed by atoms with van der Waals surface area (Å²) in [6, 6.07) is 10.7. The van der Waals surface area contributed by atoms with Crippen LogP contribution in [0, 0.1) is 0 Å². The molecular weight excluding hydrogens is 184 g/mol. The summed E-state index contributed by atoms with van der Waals surface area (Å²) in [5.41, 5.74) is 2.88. The molecule has 0 saturated heterocycles. The Bertz CT molecular complexity index is 371. The van der Waals surface area contributed by atoms with Gasteiger partial charge in [-0.2, -0.15) is 0 Å². The summed E-state index contributed by atoms with van der Waals surface area (Å²) in [4.78, 5) is 0. The molecule has 0 aliphatic heterocycles. The molecule has 0 aromatic heterocycles. The molecule has 0 heterocycles. The Labute approximate surface area is 87.6 Å². The van der Waals surface area contributed by atoms with Gasteiger partial charge in [-0.25, -0.2) is 0 Å². The van der Waals surface area contributed by atoms with Crippen molar-refractivity contribution in [3.05, 3.63) is 53.2 Å². The quantitative estimate of drug-likeness (QED) is 0.642. The van der Waals surface area contributed by atoms with E-state index in [1.807, 2.05) is 0 Å². The van der Waals surface area contributed by atoms with Gasteiger partial charge < -0.3 is 0 Å². The smallest absolute Gasteiger partial charge is 0.0651 e. The second-order valence-electron chi connectivity index (χ2n) is 4.03. The Hall–Kier alpha value is -1.08. The summed E-state index contributed by atoms with van der Waals surface area (Å²) < 4.78 is 0. The highest BCUT2D eigenvalue weighted by atomic mass is 28.3. The molecule has 1 heteroatoms. The van der Waals surface area contributed by atoms with Crippen LogP contribution < -0.4 is 0 Å². The lowest BCUT2D eigenvalue weighted by Gasteiger charge is -2.11. The molecule has 0 fully saturated rings. The van der Waals surface area contributed by atoms with Gasteiger partial charge in [-0.15, -0.1) is 0 Å². The third-order valence-electron chi connectivity index (χ3n) is 2.68. The van der Waals surface area contributed by atoms with Gasteiger partial charge in [0, 0.05) is 0 Å². The molecular formula is C13H16Si. The number of allylic oxidation sites excluding steroid dienone is 4. The van der Waals surface area contributed by atoms with Crippen molar-refractivity contribution in [2.75, 3.05) is 0 Å². The van der Waals surface area contributed by atoms with Crippen LogP contribution in [0.1, 0.15) is 12.0 Å². The number of rotatable bonds is 2. The van der Waals surface area contributed by atoms with Gasteiger partial charge in [0.05, 0.1) is 8.80 Å². The maximum atomic E-state index is 2.40. The monoisotopic (exact) mass is 200 g/mol. The fourth-order valence-corrected chi connectivity index (χ4v) is 3.49. The molecule has 2 rings (SSSR count). The van der Waals surface area contributed by atoms with E-state index in [2.05, 4.69) is 55.6 Å². The van der Waals surface area contributed by atoms with Crippen LogP contribution in [-0.2, 0) is 0 Å². The van der Waals surface area contributed by atoms with E-state index in [1.165, 1.54) is 11.1 Å². The Kier molecular flexibility index (Phi) is 2.68. The van der Waals surface area contributed by atoms with Crippen LogP contribution >= 0.6 is 0 Å². The summed E-state index contributed by atoms with van der Waals surface area (Å²) in [6.45, 7) is 4.79.